The second-order valence-corrected chi connectivity index (χ2v) is 26.7. The molecule has 6 fully saturated rings. The van der Waals surface area contributed by atoms with Crippen molar-refractivity contribution in [1.82, 2.24) is 0 Å². The number of fused-ring (bicyclic) bond motifs is 2. The quantitative estimate of drug-likeness (QED) is 0.0263. The Balaban J connectivity index is 1.26. The smallest absolute Gasteiger partial charge is 0.331 e. The first-order chi connectivity index (χ1) is 45.5. The van der Waals surface area contributed by atoms with Crippen LogP contribution in [0.15, 0.2) is 36.4 Å². The number of benzene rings is 1. The molecule has 8 N–H and O–H groups in total. The average molecular weight is 1360 g/mol. The number of carbonyl (C=O) groups is 4. The van der Waals surface area contributed by atoms with Gasteiger partial charge in [-0.3, -0.25) is 14.4 Å². The molecule has 6 aliphatic heterocycles. The first kappa shape index (κ1) is 78.5. The zero-order chi connectivity index (χ0) is 68.9. The van der Waals surface area contributed by atoms with Crippen LogP contribution in [0.2, 0.25) is 0 Å². The largest absolute Gasteiger partial charge is 0.456 e. The van der Waals surface area contributed by atoms with Gasteiger partial charge in [0.2, 0.25) is 0 Å². The van der Waals surface area contributed by atoms with E-state index in [2.05, 4.69) is 13.8 Å². The molecule has 1 aromatic carbocycles. The van der Waals surface area contributed by atoms with Crippen molar-refractivity contribution in [1.29, 1.82) is 0 Å². The molecule has 6 saturated heterocycles. The fourth-order valence-corrected chi connectivity index (χ4v) is 12.9. The molecule has 26 heteroatoms. The van der Waals surface area contributed by atoms with Crippen LogP contribution in [0.1, 0.15) is 196 Å². The van der Waals surface area contributed by atoms with E-state index < -0.39 is 190 Å². The number of hydrogen-bond donors (Lipinski definition) is 8. The number of hydrogen-bond acceptors (Lipinski definition) is 26. The van der Waals surface area contributed by atoms with Crippen LogP contribution in [-0.2, 0) is 85.5 Å². The highest BCUT2D eigenvalue weighted by atomic mass is 16.8. The molecule has 26 atom stereocenters. The fourth-order valence-electron chi connectivity index (χ4n) is 12.9. The van der Waals surface area contributed by atoms with Crippen molar-refractivity contribution in [3.8, 4) is 0 Å². The number of ether oxygens (including phenoxy) is 14. The summed E-state index contributed by atoms with van der Waals surface area (Å²) in [7, 11) is 0. The van der Waals surface area contributed by atoms with Gasteiger partial charge in [-0.05, 0) is 65.0 Å². The number of esters is 4. The molecule has 0 saturated carbocycles. The molecular formula is C69H110O26. The van der Waals surface area contributed by atoms with Crippen molar-refractivity contribution >= 4 is 30.0 Å². The predicted molar refractivity (Wildman–Crippen MR) is 338 cm³/mol. The van der Waals surface area contributed by atoms with Crippen LogP contribution in [0.5, 0.6) is 0 Å². The van der Waals surface area contributed by atoms with Gasteiger partial charge in [0.15, 0.2) is 55.9 Å². The van der Waals surface area contributed by atoms with Crippen LogP contribution in [-0.4, -0.2) is 231 Å². The van der Waals surface area contributed by atoms with E-state index in [1.165, 1.54) is 33.8 Å². The lowest BCUT2D eigenvalue weighted by Crippen LogP contribution is -2.68. The van der Waals surface area contributed by atoms with Crippen molar-refractivity contribution in [2.24, 2.45) is 5.92 Å². The third kappa shape index (κ3) is 22.3. The van der Waals surface area contributed by atoms with E-state index in [1.54, 1.807) is 44.2 Å². The summed E-state index contributed by atoms with van der Waals surface area (Å²) in [5.74, 6) is -3.83. The van der Waals surface area contributed by atoms with Crippen molar-refractivity contribution in [3.63, 3.8) is 0 Å². The lowest BCUT2D eigenvalue weighted by Gasteiger charge is -2.51. The summed E-state index contributed by atoms with van der Waals surface area (Å²) in [6.45, 7) is 12.6. The second-order valence-electron chi connectivity index (χ2n) is 26.7. The number of carbonyl (C=O) groups excluding carboxylic acids is 4. The third-order valence-electron chi connectivity index (χ3n) is 18.6. The summed E-state index contributed by atoms with van der Waals surface area (Å²) in [4.78, 5) is 55.4. The molecule has 7 rings (SSSR count). The molecule has 0 aromatic heterocycles. The Morgan fingerprint density at radius 1 is 0.526 bits per heavy atom. The molecule has 6 aliphatic rings. The van der Waals surface area contributed by atoms with Crippen LogP contribution in [0.3, 0.4) is 0 Å². The topological polar surface area (TPSA) is 359 Å². The maximum atomic E-state index is 14.5. The maximum absolute atomic E-state index is 14.5. The molecule has 0 spiro atoms. The van der Waals surface area contributed by atoms with Gasteiger partial charge in [0.1, 0.15) is 73.2 Å². The van der Waals surface area contributed by atoms with Gasteiger partial charge in [0.25, 0.3) is 0 Å². The van der Waals surface area contributed by atoms with Gasteiger partial charge in [-0.2, -0.15) is 0 Å². The van der Waals surface area contributed by atoms with Crippen LogP contribution in [0.4, 0.5) is 0 Å². The van der Waals surface area contributed by atoms with Gasteiger partial charge in [0.05, 0.1) is 43.0 Å². The Bertz CT molecular complexity index is 2460. The lowest BCUT2D eigenvalue weighted by atomic mass is 9.95. The number of unbranched alkanes of at least 4 members (excludes halogenated alkanes) is 8. The summed E-state index contributed by atoms with van der Waals surface area (Å²) in [6.07, 6.45) is -22.8. The first-order valence-corrected chi connectivity index (χ1v) is 35.0. The van der Waals surface area contributed by atoms with Crippen molar-refractivity contribution in [2.75, 3.05) is 6.61 Å². The third-order valence-corrected chi connectivity index (χ3v) is 18.6. The highest BCUT2D eigenvalue weighted by Crippen LogP contribution is 2.40. The van der Waals surface area contributed by atoms with E-state index in [0.717, 1.165) is 89.5 Å². The van der Waals surface area contributed by atoms with Crippen LogP contribution in [0, 0.1) is 5.92 Å². The van der Waals surface area contributed by atoms with E-state index in [-0.39, 0.29) is 18.9 Å². The molecule has 6 heterocycles. The molecule has 95 heavy (non-hydrogen) atoms. The Morgan fingerprint density at radius 2 is 1.12 bits per heavy atom. The predicted octanol–water partition coefficient (Wildman–Crippen LogP) is 5.40. The first-order valence-electron chi connectivity index (χ1n) is 35.0. The molecular weight excluding hydrogens is 1240 g/mol. The van der Waals surface area contributed by atoms with Crippen molar-refractivity contribution < 1.29 is 126 Å². The van der Waals surface area contributed by atoms with Crippen molar-refractivity contribution in [3.05, 3.63) is 42.0 Å². The standard InChI is InChI=1S/C69H110O26/c1-9-11-13-14-16-20-28-34-47(72)90-63-62(95-65-53(78)51(76)49(74)39(5)82-65)58(93-66-60(89-48(73)36-35-43-29-24-22-25-30-43)54(79)56(40(6)83-66)91-64(81)38(3)4)42(8)85-69(63)92-57-41(7)84-67-61(55(57)80)88-46(71)33-27-21-18-15-17-19-26-32-44(31-23-12-10-2)86-68-59(94-67)52(77)50(75)45(37-70)87-68/h22,24-25,29-30,35-36,38-42,44-45,49-63,65-70,74-80H,9-21,23,26-28,31-34,37H2,1-8H3/b36-35+/t39-,40-,41-,42-,44?,45+,49-,50-,51+,52-,53+,54+,55+,56-,57-,58-,59+,60+,61+,62+,63+,65-,66-,67-,68+,69-/m0/s1. The van der Waals surface area contributed by atoms with E-state index in [4.69, 9.17) is 66.3 Å². The van der Waals surface area contributed by atoms with Gasteiger partial charge in [-0.15, -0.1) is 0 Å². The van der Waals surface area contributed by atoms with E-state index in [1.807, 2.05) is 0 Å². The van der Waals surface area contributed by atoms with E-state index >= 15 is 0 Å². The number of rotatable bonds is 25. The molecule has 542 valence electrons. The summed E-state index contributed by atoms with van der Waals surface area (Å²) < 4.78 is 89.2. The van der Waals surface area contributed by atoms with Crippen molar-refractivity contribution in [2.45, 2.75) is 350 Å². The normalized spacial score (nSPS) is 38.8. The average Bonchev–Trinajstić information content (AvgIpc) is 0.770. The van der Waals surface area contributed by atoms with Crippen LogP contribution in [0.25, 0.3) is 6.08 Å². The Kier molecular flexibility index (Phi) is 32.4. The van der Waals surface area contributed by atoms with Crippen LogP contribution >= 0.6 is 0 Å². The van der Waals surface area contributed by atoms with Gasteiger partial charge >= 0.3 is 23.9 Å². The zero-order valence-corrected chi connectivity index (χ0v) is 56.6. The highest BCUT2D eigenvalue weighted by molar-refractivity contribution is 5.87. The Labute approximate surface area is 558 Å². The summed E-state index contributed by atoms with van der Waals surface area (Å²) >= 11 is 0. The molecule has 0 aliphatic carbocycles. The Hall–Kier alpha value is -3.88. The minimum atomic E-state index is -1.96. The molecule has 26 nitrogen and oxygen atoms in total. The number of aliphatic hydroxyl groups excluding tert-OH is 8. The van der Waals surface area contributed by atoms with Gasteiger partial charge in [-0.1, -0.05) is 154 Å². The van der Waals surface area contributed by atoms with Crippen LogP contribution < -0.4 is 0 Å². The van der Waals surface area contributed by atoms with E-state index in [9.17, 15) is 60.0 Å². The molecule has 0 radical (unpaired) electrons. The fraction of sp³-hybridized carbons (Fsp3) is 0.826. The summed E-state index contributed by atoms with van der Waals surface area (Å²) in [6, 6.07) is 8.81. The zero-order valence-electron chi connectivity index (χ0n) is 56.6. The minimum Gasteiger partial charge on any atom is -0.456 e. The summed E-state index contributed by atoms with van der Waals surface area (Å²) in [5, 5.41) is 92.1. The monoisotopic (exact) mass is 1350 g/mol. The van der Waals surface area contributed by atoms with E-state index in [0.29, 0.717) is 44.1 Å². The molecule has 0 bridgehead atoms. The minimum absolute atomic E-state index is 0.0666. The lowest BCUT2D eigenvalue weighted by molar-refractivity contribution is -0.400. The molecule has 0 amide bonds. The van der Waals surface area contributed by atoms with Gasteiger partial charge in [-0.25, -0.2) is 4.79 Å². The van der Waals surface area contributed by atoms with Gasteiger partial charge in [0, 0.05) is 18.9 Å². The maximum Gasteiger partial charge on any atom is 0.331 e. The Morgan fingerprint density at radius 3 is 1.80 bits per heavy atom. The number of aliphatic hydroxyl groups is 8. The molecule has 1 aromatic rings. The summed E-state index contributed by atoms with van der Waals surface area (Å²) in [5.41, 5.74) is 0.637. The van der Waals surface area contributed by atoms with Gasteiger partial charge < -0.3 is 107 Å². The second kappa shape index (κ2) is 39.2. The highest BCUT2D eigenvalue weighted by Gasteiger charge is 2.59. The SMILES string of the molecule is CCCCCCCCCC(=O)O[C@H]1[C@H](O[C@@H]2[C@@H](O)[C@H]3OC(=O)CCCCCCCCCC(CCCCC)O[C@@H]4O[C@H](CO)[C@H](O)[C@H](O)[C@H]4O[C@@H]3O[C@H]2C)O[C@@H](C)[C@H](O[C@@H]2O[C@@H](C)[C@H](OC(=O)C(C)C)[C@@H](O)[C@H]2OC(=O)/C=C/c2ccccc2)[C@H]1O[C@@H]1O[C@@H](C)[C@H](O)[C@@H](O)[C@H]1O. The molecule has 1 unspecified atom stereocenters.